The Bertz CT molecular complexity index is 472. The largest absolute Gasteiger partial charge is 0.316 e. The standard InChI is InChI=1S/C15H24O3S.Mg.2H/c1-2-3-4-5-6-7-8-11-14-12-9-10-13-15(14)19(16,17)18;;;/h9-10,12-13H,2-8,11H2,1H3,(H,16,17,18);;;. The van der Waals surface area contributed by atoms with Crippen molar-refractivity contribution in [1.29, 1.82) is 0 Å². The number of rotatable bonds is 9. The highest BCUT2D eigenvalue weighted by molar-refractivity contribution is 7.85. The minimum absolute atomic E-state index is 0. The fourth-order valence-electron chi connectivity index (χ4n) is 2.23. The number of benzene rings is 1. The van der Waals surface area contributed by atoms with Crippen molar-refractivity contribution in [2.24, 2.45) is 0 Å². The highest BCUT2D eigenvalue weighted by Crippen LogP contribution is 2.18. The van der Waals surface area contributed by atoms with Crippen molar-refractivity contribution in [3.63, 3.8) is 0 Å². The molecule has 0 saturated heterocycles. The van der Waals surface area contributed by atoms with E-state index in [1.54, 1.807) is 12.1 Å². The number of hydrogen-bond donors (Lipinski definition) is 1. The second-order valence-electron chi connectivity index (χ2n) is 4.95. The maximum Gasteiger partial charge on any atom is 0.316 e. The van der Waals surface area contributed by atoms with E-state index in [0.29, 0.717) is 6.42 Å². The molecule has 3 nitrogen and oxygen atoms in total. The zero-order chi connectivity index (χ0) is 14.1. The first-order valence-electron chi connectivity index (χ1n) is 7.11. The quantitative estimate of drug-likeness (QED) is 0.432. The van der Waals surface area contributed by atoms with Gasteiger partial charge in [0.15, 0.2) is 0 Å². The normalized spacial score (nSPS) is 11.1. The van der Waals surface area contributed by atoms with Crippen LogP contribution >= 0.6 is 0 Å². The minimum Gasteiger partial charge on any atom is -0.282 e. The third-order valence-corrected chi connectivity index (χ3v) is 4.25. The van der Waals surface area contributed by atoms with Crippen LogP contribution in [0.1, 0.15) is 57.4 Å². The van der Waals surface area contributed by atoms with Crippen LogP contribution in [0, 0.1) is 0 Å². The predicted octanol–water partition coefficient (Wildman–Crippen LogP) is 3.31. The Morgan fingerprint density at radius 2 is 1.50 bits per heavy atom. The van der Waals surface area contributed by atoms with Crippen molar-refractivity contribution in [2.45, 2.75) is 63.2 Å². The summed E-state index contributed by atoms with van der Waals surface area (Å²) in [6, 6.07) is 6.69. The summed E-state index contributed by atoms with van der Waals surface area (Å²) in [6.45, 7) is 2.20. The first-order valence-corrected chi connectivity index (χ1v) is 8.55. The van der Waals surface area contributed by atoms with Crippen molar-refractivity contribution >= 4 is 33.2 Å². The zero-order valence-corrected chi connectivity index (χ0v) is 12.5. The average molecular weight is 311 g/mol. The summed E-state index contributed by atoms with van der Waals surface area (Å²) in [7, 11) is -4.09. The highest BCUT2D eigenvalue weighted by atomic mass is 32.2. The van der Waals surface area contributed by atoms with Gasteiger partial charge in [0.1, 0.15) is 0 Å². The Balaban J connectivity index is 0.00000361. The van der Waals surface area contributed by atoms with Gasteiger partial charge in [-0.1, -0.05) is 63.6 Å². The second-order valence-corrected chi connectivity index (χ2v) is 6.34. The highest BCUT2D eigenvalue weighted by Gasteiger charge is 2.13. The van der Waals surface area contributed by atoms with E-state index in [2.05, 4.69) is 6.92 Å². The number of unbranched alkanes of at least 4 members (excludes halogenated alkanes) is 6. The molecular formula is C15H26MgO3S. The average Bonchev–Trinajstić information content (AvgIpc) is 2.37. The fourth-order valence-corrected chi connectivity index (χ4v) is 2.99. The van der Waals surface area contributed by atoms with Crippen LogP contribution in [-0.4, -0.2) is 36.0 Å². The molecule has 0 unspecified atom stereocenters. The molecule has 0 spiro atoms. The Hall–Kier alpha value is -0.104. The number of hydrogen-bond acceptors (Lipinski definition) is 2. The minimum atomic E-state index is -4.09. The fraction of sp³-hybridized carbons (Fsp3) is 0.600. The summed E-state index contributed by atoms with van der Waals surface area (Å²) >= 11 is 0. The van der Waals surface area contributed by atoms with Crippen LogP contribution in [-0.2, 0) is 16.5 Å². The summed E-state index contributed by atoms with van der Waals surface area (Å²) in [6.07, 6.45) is 9.10. The van der Waals surface area contributed by atoms with Gasteiger partial charge >= 0.3 is 23.1 Å². The van der Waals surface area contributed by atoms with E-state index < -0.39 is 10.1 Å². The van der Waals surface area contributed by atoms with Crippen molar-refractivity contribution in [3.05, 3.63) is 29.8 Å². The molecule has 0 saturated carbocycles. The molecular weight excluding hydrogens is 285 g/mol. The van der Waals surface area contributed by atoms with E-state index in [1.165, 1.54) is 38.2 Å². The smallest absolute Gasteiger partial charge is 0.282 e. The molecule has 1 aromatic carbocycles. The van der Waals surface area contributed by atoms with Crippen LogP contribution in [0.5, 0.6) is 0 Å². The Morgan fingerprint density at radius 3 is 2.10 bits per heavy atom. The van der Waals surface area contributed by atoms with Gasteiger partial charge in [-0.2, -0.15) is 8.42 Å². The van der Waals surface area contributed by atoms with Crippen molar-refractivity contribution in [1.82, 2.24) is 0 Å². The lowest BCUT2D eigenvalue weighted by Gasteiger charge is -2.06. The van der Waals surface area contributed by atoms with Crippen LogP contribution < -0.4 is 0 Å². The molecule has 0 bridgehead atoms. The van der Waals surface area contributed by atoms with Gasteiger partial charge in [-0.25, -0.2) is 0 Å². The molecule has 112 valence electrons. The lowest BCUT2D eigenvalue weighted by atomic mass is 10.0. The second kappa shape index (κ2) is 10.6. The van der Waals surface area contributed by atoms with Gasteiger partial charge < -0.3 is 0 Å². The lowest BCUT2D eigenvalue weighted by Crippen LogP contribution is -2.03. The lowest BCUT2D eigenvalue weighted by molar-refractivity contribution is 0.481. The molecule has 0 amide bonds. The van der Waals surface area contributed by atoms with E-state index in [-0.39, 0.29) is 27.9 Å². The first-order chi connectivity index (χ1) is 9.05. The van der Waals surface area contributed by atoms with Crippen LogP contribution in [0.15, 0.2) is 29.2 Å². The monoisotopic (exact) mass is 310 g/mol. The van der Waals surface area contributed by atoms with E-state index in [4.69, 9.17) is 4.55 Å². The summed E-state index contributed by atoms with van der Waals surface area (Å²) in [5.41, 5.74) is 0.721. The van der Waals surface area contributed by atoms with Gasteiger partial charge in [-0.3, -0.25) is 4.55 Å². The molecule has 1 rings (SSSR count). The Morgan fingerprint density at radius 1 is 0.950 bits per heavy atom. The topological polar surface area (TPSA) is 54.4 Å². The molecule has 0 aliphatic heterocycles. The predicted molar refractivity (Wildman–Crippen MR) is 86.5 cm³/mol. The van der Waals surface area contributed by atoms with Crippen LogP contribution in [0.25, 0.3) is 0 Å². The van der Waals surface area contributed by atoms with Crippen molar-refractivity contribution in [2.75, 3.05) is 0 Å². The van der Waals surface area contributed by atoms with Crippen LogP contribution in [0.4, 0.5) is 0 Å². The van der Waals surface area contributed by atoms with Crippen LogP contribution in [0.2, 0.25) is 0 Å². The molecule has 0 aromatic heterocycles. The molecule has 0 aliphatic rings. The number of aryl methyl sites for hydroxylation is 1. The van der Waals surface area contributed by atoms with Gasteiger partial charge in [0.2, 0.25) is 0 Å². The van der Waals surface area contributed by atoms with Crippen molar-refractivity contribution in [3.8, 4) is 0 Å². The summed E-state index contributed by atoms with van der Waals surface area (Å²) < 4.78 is 31.6. The van der Waals surface area contributed by atoms with E-state index in [9.17, 15) is 8.42 Å². The maximum atomic E-state index is 11.2. The third-order valence-electron chi connectivity index (χ3n) is 3.30. The van der Waals surface area contributed by atoms with E-state index in [1.807, 2.05) is 6.07 Å². The zero-order valence-electron chi connectivity index (χ0n) is 11.6. The molecule has 0 fully saturated rings. The van der Waals surface area contributed by atoms with E-state index in [0.717, 1.165) is 18.4 Å². The molecule has 0 radical (unpaired) electrons. The van der Waals surface area contributed by atoms with Crippen molar-refractivity contribution < 1.29 is 13.0 Å². The third kappa shape index (κ3) is 7.62. The molecule has 1 aromatic rings. The summed E-state index contributed by atoms with van der Waals surface area (Å²) in [5, 5.41) is 0. The van der Waals surface area contributed by atoms with E-state index >= 15 is 0 Å². The van der Waals surface area contributed by atoms with Gasteiger partial charge in [-0.05, 0) is 24.5 Å². The van der Waals surface area contributed by atoms with Gasteiger partial charge in [0, 0.05) is 0 Å². The maximum absolute atomic E-state index is 11.2. The Labute approximate surface area is 139 Å². The molecule has 5 heteroatoms. The molecule has 1 N–H and O–H groups in total. The SMILES string of the molecule is CCCCCCCCCc1ccccc1S(=O)(=O)O.[MgH2]. The van der Waals surface area contributed by atoms with Crippen LogP contribution in [0.3, 0.4) is 0 Å². The Kier molecular flexibility index (Phi) is 10.5. The van der Waals surface area contributed by atoms with Gasteiger partial charge in [-0.15, -0.1) is 0 Å². The molecule has 20 heavy (non-hydrogen) atoms. The summed E-state index contributed by atoms with van der Waals surface area (Å²) in [4.78, 5) is 0.0565. The molecule has 0 atom stereocenters. The summed E-state index contributed by atoms with van der Waals surface area (Å²) in [5.74, 6) is 0. The first kappa shape index (κ1) is 19.9. The molecule has 0 aliphatic carbocycles. The van der Waals surface area contributed by atoms with Gasteiger partial charge in [0.05, 0.1) is 4.90 Å². The van der Waals surface area contributed by atoms with Gasteiger partial charge in [0.25, 0.3) is 10.1 Å². The molecule has 0 heterocycles.